The predicted octanol–water partition coefficient (Wildman–Crippen LogP) is 7.52. The van der Waals surface area contributed by atoms with Gasteiger partial charge < -0.3 is 9.88 Å². The van der Waals surface area contributed by atoms with Crippen LogP contribution in [0.25, 0.3) is 32.9 Å². The first-order valence-electron chi connectivity index (χ1n) is 10.6. The van der Waals surface area contributed by atoms with Crippen LogP contribution in [0.5, 0.6) is 0 Å². The molecule has 148 valence electrons. The van der Waals surface area contributed by atoms with E-state index in [2.05, 4.69) is 127 Å². The summed E-state index contributed by atoms with van der Waals surface area (Å²) >= 11 is 0. The third kappa shape index (κ3) is 3.25. The van der Waals surface area contributed by atoms with Crippen molar-refractivity contribution in [2.45, 2.75) is 25.9 Å². The maximum absolute atomic E-state index is 3.72. The van der Waals surface area contributed by atoms with E-state index in [1.807, 2.05) is 0 Å². The van der Waals surface area contributed by atoms with Gasteiger partial charge in [0.1, 0.15) is 0 Å². The van der Waals surface area contributed by atoms with Crippen LogP contribution in [0.4, 0.5) is 5.69 Å². The Morgan fingerprint density at radius 1 is 0.567 bits per heavy atom. The highest BCUT2D eigenvalue weighted by atomic mass is 15.1. The largest absolute Gasteiger partial charge is 0.381 e. The van der Waals surface area contributed by atoms with Gasteiger partial charge in [-0.3, -0.25) is 0 Å². The van der Waals surface area contributed by atoms with Gasteiger partial charge in [0, 0.05) is 33.5 Å². The minimum atomic E-state index is 0.270. The van der Waals surface area contributed by atoms with Crippen LogP contribution < -0.4 is 5.32 Å². The smallest absolute Gasteiger partial charge is 0.0513 e. The molecule has 2 atom stereocenters. The predicted molar refractivity (Wildman–Crippen MR) is 129 cm³/mol. The van der Waals surface area contributed by atoms with E-state index in [4.69, 9.17) is 0 Å². The summed E-state index contributed by atoms with van der Waals surface area (Å²) in [5, 5.41) is 6.35. The first-order valence-corrected chi connectivity index (χ1v) is 10.6. The van der Waals surface area contributed by atoms with Crippen LogP contribution in [0.3, 0.4) is 0 Å². The molecule has 5 rings (SSSR count). The van der Waals surface area contributed by atoms with Crippen molar-refractivity contribution >= 4 is 27.5 Å². The fourth-order valence-corrected chi connectivity index (χ4v) is 4.39. The molecule has 0 bridgehead atoms. The van der Waals surface area contributed by atoms with Gasteiger partial charge >= 0.3 is 0 Å². The lowest BCUT2D eigenvalue weighted by Crippen LogP contribution is -2.26. The minimum absolute atomic E-state index is 0.270. The maximum Gasteiger partial charge on any atom is 0.0513 e. The summed E-state index contributed by atoms with van der Waals surface area (Å²) in [6.45, 7) is 4.56. The second-order valence-electron chi connectivity index (χ2n) is 8.02. The van der Waals surface area contributed by atoms with Gasteiger partial charge in [-0.1, -0.05) is 78.9 Å². The molecule has 1 unspecified atom stereocenters. The van der Waals surface area contributed by atoms with Crippen molar-refractivity contribution in [3.8, 4) is 11.1 Å². The maximum atomic E-state index is 3.72. The van der Waals surface area contributed by atoms with Crippen molar-refractivity contribution in [3.05, 3.63) is 103 Å². The molecule has 0 aliphatic heterocycles. The molecule has 30 heavy (non-hydrogen) atoms. The number of para-hydroxylation sites is 2. The van der Waals surface area contributed by atoms with Gasteiger partial charge in [0.05, 0.1) is 6.04 Å². The van der Waals surface area contributed by atoms with E-state index in [-0.39, 0.29) is 6.04 Å². The van der Waals surface area contributed by atoms with E-state index in [0.717, 1.165) is 5.69 Å². The fraction of sp³-hybridized carbons (Fsp3) is 0.143. The van der Waals surface area contributed by atoms with Crippen molar-refractivity contribution in [1.29, 1.82) is 0 Å². The number of nitrogens with zero attached hydrogens (tertiary/aromatic N) is 1. The Balaban J connectivity index is 1.44. The number of rotatable bonds is 5. The summed E-state index contributed by atoms with van der Waals surface area (Å²) in [5.41, 5.74) is 6.22. The number of fused-ring (bicyclic) bond motifs is 3. The number of benzene rings is 4. The molecular weight excluding hydrogens is 364 g/mol. The highest BCUT2D eigenvalue weighted by molar-refractivity contribution is 6.08. The molecule has 0 radical (unpaired) electrons. The Labute approximate surface area is 177 Å². The summed E-state index contributed by atoms with van der Waals surface area (Å²) in [5.74, 6) is 0. The van der Waals surface area contributed by atoms with Crippen LogP contribution in [0, 0.1) is 0 Å². The SMILES string of the molecule is CC(Nc1ccc(-c2ccccc2)cc1)[C@H](C)n1c2ccccc2c2ccccc21. The summed E-state index contributed by atoms with van der Waals surface area (Å²) in [6, 6.07) is 37.2. The van der Waals surface area contributed by atoms with Crippen LogP contribution in [-0.2, 0) is 0 Å². The highest BCUT2D eigenvalue weighted by Crippen LogP contribution is 2.33. The van der Waals surface area contributed by atoms with E-state index < -0.39 is 0 Å². The standard InChI is InChI=1S/C28H26N2/c1-20(29-24-18-16-23(17-19-24)22-10-4-3-5-11-22)21(2)30-27-14-8-6-12-25(27)26-13-7-9-15-28(26)30/h3-21,29H,1-2H3/t20?,21-/m0/s1. The second-order valence-corrected chi connectivity index (χ2v) is 8.02. The second kappa shape index (κ2) is 7.72. The Kier molecular flexibility index (Phi) is 4.76. The van der Waals surface area contributed by atoms with E-state index in [0.29, 0.717) is 6.04 Å². The lowest BCUT2D eigenvalue weighted by molar-refractivity contribution is 0.513. The Bertz CT molecular complexity index is 1230. The van der Waals surface area contributed by atoms with Crippen molar-refractivity contribution in [2.75, 3.05) is 5.32 Å². The lowest BCUT2D eigenvalue weighted by atomic mass is 10.1. The van der Waals surface area contributed by atoms with Gasteiger partial charge in [-0.25, -0.2) is 0 Å². The normalized spacial score (nSPS) is 13.4. The van der Waals surface area contributed by atoms with Gasteiger partial charge in [-0.15, -0.1) is 0 Å². The molecule has 0 amide bonds. The quantitative estimate of drug-likeness (QED) is 0.328. The summed E-state index contributed by atoms with van der Waals surface area (Å²) in [4.78, 5) is 0. The molecule has 4 aromatic carbocycles. The monoisotopic (exact) mass is 390 g/mol. The number of anilines is 1. The fourth-order valence-electron chi connectivity index (χ4n) is 4.39. The van der Waals surface area contributed by atoms with Gasteiger partial charge in [-0.05, 0) is 49.2 Å². The van der Waals surface area contributed by atoms with Crippen LogP contribution in [-0.4, -0.2) is 10.6 Å². The first kappa shape index (κ1) is 18.5. The van der Waals surface area contributed by atoms with Crippen LogP contribution in [0.2, 0.25) is 0 Å². The minimum Gasteiger partial charge on any atom is -0.381 e. The molecule has 1 N–H and O–H groups in total. The number of nitrogens with one attached hydrogen (secondary N) is 1. The summed E-state index contributed by atoms with van der Waals surface area (Å²) in [7, 11) is 0. The molecule has 5 aromatic rings. The highest BCUT2D eigenvalue weighted by Gasteiger charge is 2.19. The summed E-state index contributed by atoms with van der Waals surface area (Å²) < 4.78 is 2.47. The van der Waals surface area contributed by atoms with Crippen molar-refractivity contribution in [3.63, 3.8) is 0 Å². The van der Waals surface area contributed by atoms with E-state index in [9.17, 15) is 0 Å². The average Bonchev–Trinajstić information content (AvgIpc) is 3.14. The zero-order chi connectivity index (χ0) is 20.5. The molecule has 0 aliphatic rings. The molecule has 0 saturated heterocycles. The van der Waals surface area contributed by atoms with Crippen molar-refractivity contribution in [1.82, 2.24) is 4.57 Å². The number of hydrogen-bond donors (Lipinski definition) is 1. The summed E-state index contributed by atoms with van der Waals surface area (Å²) in [6.07, 6.45) is 0. The van der Waals surface area contributed by atoms with Crippen molar-refractivity contribution in [2.24, 2.45) is 0 Å². The third-order valence-corrected chi connectivity index (χ3v) is 6.13. The average molecular weight is 391 g/mol. The third-order valence-electron chi connectivity index (χ3n) is 6.13. The molecular formula is C28H26N2. The van der Waals surface area contributed by atoms with E-state index in [1.54, 1.807) is 0 Å². The molecule has 2 heteroatoms. The molecule has 1 aromatic heterocycles. The molecule has 1 heterocycles. The zero-order valence-electron chi connectivity index (χ0n) is 17.4. The van der Waals surface area contributed by atoms with Crippen LogP contribution in [0.1, 0.15) is 19.9 Å². The van der Waals surface area contributed by atoms with Crippen LogP contribution in [0.15, 0.2) is 103 Å². The van der Waals surface area contributed by atoms with Gasteiger partial charge in [-0.2, -0.15) is 0 Å². The molecule has 2 nitrogen and oxygen atoms in total. The van der Waals surface area contributed by atoms with E-state index in [1.165, 1.54) is 32.9 Å². The van der Waals surface area contributed by atoms with E-state index >= 15 is 0 Å². The zero-order valence-corrected chi connectivity index (χ0v) is 17.4. The van der Waals surface area contributed by atoms with Gasteiger partial charge in [0.15, 0.2) is 0 Å². The topological polar surface area (TPSA) is 17.0 Å². The van der Waals surface area contributed by atoms with Crippen LogP contribution >= 0.6 is 0 Å². The van der Waals surface area contributed by atoms with Gasteiger partial charge in [0.25, 0.3) is 0 Å². The Hall–Kier alpha value is -3.52. The number of aromatic nitrogens is 1. The lowest BCUT2D eigenvalue weighted by Gasteiger charge is -2.26. The molecule has 0 saturated carbocycles. The van der Waals surface area contributed by atoms with Crippen molar-refractivity contribution < 1.29 is 0 Å². The number of hydrogen-bond acceptors (Lipinski definition) is 1. The molecule has 0 fully saturated rings. The first-order chi connectivity index (χ1) is 14.7. The molecule has 0 aliphatic carbocycles. The van der Waals surface area contributed by atoms with Gasteiger partial charge in [0.2, 0.25) is 0 Å². The Morgan fingerprint density at radius 3 is 1.67 bits per heavy atom. The molecule has 0 spiro atoms. The Morgan fingerprint density at radius 2 is 1.07 bits per heavy atom.